The van der Waals surface area contributed by atoms with Gasteiger partial charge in [-0.25, -0.2) is 4.98 Å². The molecule has 1 amide bonds. The van der Waals surface area contributed by atoms with Crippen LogP contribution in [0.15, 0.2) is 18.3 Å². The molecule has 1 aromatic rings. The Morgan fingerprint density at radius 2 is 1.95 bits per heavy atom. The highest BCUT2D eigenvalue weighted by Gasteiger charge is 2.30. The highest BCUT2D eigenvalue weighted by Crippen LogP contribution is 2.28. The Bertz CT molecular complexity index is 453. The number of nitrogens with zero attached hydrogens (tertiary/aromatic N) is 2. The fraction of sp³-hybridized carbons (Fsp3) is 0.538. The quantitative estimate of drug-likeness (QED) is 0.929. The number of carbonyl (C=O) groups excluding carboxylic acids is 1. The van der Waals surface area contributed by atoms with Crippen LogP contribution in [0, 0.1) is 0 Å². The number of rotatable bonds is 3. The molecule has 0 aromatic carbocycles. The lowest BCUT2D eigenvalue weighted by Gasteiger charge is -2.26. The number of piperidine rings is 1. The number of hydrogen-bond acceptors (Lipinski definition) is 3. The first-order valence-corrected chi connectivity index (χ1v) is 6.52. The van der Waals surface area contributed by atoms with Gasteiger partial charge in [0, 0.05) is 19.3 Å². The van der Waals surface area contributed by atoms with Crippen LogP contribution in [0.1, 0.15) is 24.8 Å². The minimum Gasteiger partial charge on any atom is -0.361 e. The molecule has 1 aliphatic heterocycles. The maximum atomic E-state index is 12.4. The fourth-order valence-electron chi connectivity index (χ4n) is 2.09. The number of halogens is 3. The van der Waals surface area contributed by atoms with Crippen molar-refractivity contribution < 1.29 is 18.0 Å². The Morgan fingerprint density at radius 3 is 2.50 bits per heavy atom. The zero-order valence-electron chi connectivity index (χ0n) is 10.9. The topological polar surface area (TPSA) is 45.2 Å². The highest BCUT2D eigenvalue weighted by molar-refractivity contribution is 5.80. The van der Waals surface area contributed by atoms with Crippen molar-refractivity contribution in [2.24, 2.45) is 0 Å². The Kier molecular flexibility index (Phi) is 4.46. The first kappa shape index (κ1) is 14.6. The van der Waals surface area contributed by atoms with E-state index in [9.17, 15) is 18.0 Å². The second-order valence-electron chi connectivity index (χ2n) is 4.72. The number of amides is 1. The first-order chi connectivity index (χ1) is 9.47. The first-order valence-electron chi connectivity index (χ1n) is 6.52. The van der Waals surface area contributed by atoms with E-state index in [1.807, 2.05) is 0 Å². The van der Waals surface area contributed by atoms with E-state index in [0.717, 1.165) is 44.6 Å². The number of anilines is 1. The second kappa shape index (κ2) is 6.11. The molecule has 1 N–H and O–H groups in total. The van der Waals surface area contributed by atoms with Crippen molar-refractivity contribution in [1.82, 2.24) is 9.88 Å². The average molecular weight is 287 g/mol. The van der Waals surface area contributed by atoms with Crippen LogP contribution < -0.4 is 5.32 Å². The van der Waals surface area contributed by atoms with Gasteiger partial charge in [-0.3, -0.25) is 4.79 Å². The van der Waals surface area contributed by atoms with Gasteiger partial charge in [0.1, 0.15) is 5.82 Å². The molecule has 1 aromatic heterocycles. The van der Waals surface area contributed by atoms with Crippen molar-refractivity contribution in [3.8, 4) is 0 Å². The van der Waals surface area contributed by atoms with Crippen LogP contribution in [0.2, 0.25) is 0 Å². The molecule has 0 atom stereocenters. The van der Waals surface area contributed by atoms with Gasteiger partial charge in [0.05, 0.1) is 12.1 Å². The van der Waals surface area contributed by atoms with Crippen LogP contribution in [-0.4, -0.2) is 35.4 Å². The van der Waals surface area contributed by atoms with Gasteiger partial charge in [-0.2, -0.15) is 13.2 Å². The molecule has 2 rings (SSSR count). The molecular formula is C13H16F3N3O. The lowest BCUT2D eigenvalue weighted by Crippen LogP contribution is -2.39. The standard InChI is InChI=1S/C13H16F3N3O/c14-13(15,16)10-4-5-11(17-8-10)18-9-12(20)19-6-2-1-3-7-19/h4-5,8H,1-3,6-7,9H2,(H,17,18). The summed E-state index contributed by atoms with van der Waals surface area (Å²) < 4.78 is 37.1. The molecule has 1 fully saturated rings. The number of alkyl halides is 3. The maximum Gasteiger partial charge on any atom is 0.417 e. The molecule has 0 radical (unpaired) electrons. The summed E-state index contributed by atoms with van der Waals surface area (Å²) in [4.78, 5) is 17.3. The van der Waals surface area contributed by atoms with Crippen LogP contribution in [0.3, 0.4) is 0 Å². The molecule has 4 nitrogen and oxygen atoms in total. The highest BCUT2D eigenvalue weighted by atomic mass is 19.4. The fourth-order valence-corrected chi connectivity index (χ4v) is 2.09. The lowest BCUT2D eigenvalue weighted by molar-refractivity contribution is -0.137. The lowest BCUT2D eigenvalue weighted by atomic mass is 10.1. The molecular weight excluding hydrogens is 271 g/mol. The van der Waals surface area contributed by atoms with E-state index in [-0.39, 0.29) is 18.3 Å². The predicted molar refractivity (Wildman–Crippen MR) is 68.2 cm³/mol. The molecule has 0 saturated carbocycles. The summed E-state index contributed by atoms with van der Waals surface area (Å²) in [7, 11) is 0. The SMILES string of the molecule is O=C(CNc1ccc(C(F)(F)F)cn1)N1CCCCC1. The summed E-state index contributed by atoms with van der Waals surface area (Å²) in [6.07, 6.45) is -0.491. The summed E-state index contributed by atoms with van der Waals surface area (Å²) in [5.41, 5.74) is -0.801. The van der Waals surface area contributed by atoms with Crippen molar-refractivity contribution >= 4 is 11.7 Å². The molecule has 0 unspecified atom stereocenters. The van der Waals surface area contributed by atoms with Gasteiger partial charge in [-0.05, 0) is 31.4 Å². The third kappa shape index (κ3) is 3.85. The Balaban J connectivity index is 1.86. The normalized spacial score (nSPS) is 16.1. The molecule has 1 saturated heterocycles. The van der Waals surface area contributed by atoms with Crippen LogP contribution in [0.4, 0.5) is 19.0 Å². The number of likely N-dealkylation sites (tertiary alicyclic amines) is 1. The number of aromatic nitrogens is 1. The molecule has 0 bridgehead atoms. The van der Waals surface area contributed by atoms with Crippen molar-refractivity contribution in [3.05, 3.63) is 23.9 Å². The molecule has 1 aliphatic rings. The van der Waals surface area contributed by atoms with E-state index in [0.29, 0.717) is 0 Å². The number of carbonyl (C=O) groups is 1. The zero-order valence-corrected chi connectivity index (χ0v) is 10.9. The van der Waals surface area contributed by atoms with E-state index < -0.39 is 11.7 Å². The van der Waals surface area contributed by atoms with E-state index in [2.05, 4.69) is 10.3 Å². The molecule has 0 aliphatic carbocycles. The Hall–Kier alpha value is -1.79. The molecule has 20 heavy (non-hydrogen) atoms. The van der Waals surface area contributed by atoms with E-state index in [1.54, 1.807) is 4.90 Å². The minimum atomic E-state index is -4.39. The van der Waals surface area contributed by atoms with Crippen molar-refractivity contribution in [2.75, 3.05) is 25.0 Å². The van der Waals surface area contributed by atoms with Gasteiger partial charge in [0.25, 0.3) is 0 Å². The smallest absolute Gasteiger partial charge is 0.361 e. The molecule has 2 heterocycles. The van der Waals surface area contributed by atoms with E-state index >= 15 is 0 Å². The van der Waals surface area contributed by atoms with Crippen molar-refractivity contribution in [2.45, 2.75) is 25.4 Å². The number of pyridine rings is 1. The second-order valence-corrected chi connectivity index (χ2v) is 4.72. The summed E-state index contributed by atoms with van der Waals surface area (Å²) >= 11 is 0. The largest absolute Gasteiger partial charge is 0.417 e. The van der Waals surface area contributed by atoms with E-state index in [4.69, 9.17) is 0 Å². The van der Waals surface area contributed by atoms with Gasteiger partial charge >= 0.3 is 6.18 Å². The summed E-state index contributed by atoms with van der Waals surface area (Å²) in [5, 5.41) is 2.75. The monoisotopic (exact) mass is 287 g/mol. The number of hydrogen-bond donors (Lipinski definition) is 1. The van der Waals surface area contributed by atoms with Crippen LogP contribution in [0.25, 0.3) is 0 Å². The third-order valence-electron chi connectivity index (χ3n) is 3.22. The maximum absolute atomic E-state index is 12.4. The van der Waals surface area contributed by atoms with Crippen LogP contribution >= 0.6 is 0 Å². The van der Waals surface area contributed by atoms with Crippen LogP contribution in [-0.2, 0) is 11.0 Å². The van der Waals surface area contributed by atoms with Crippen molar-refractivity contribution in [3.63, 3.8) is 0 Å². The summed E-state index contributed by atoms with van der Waals surface area (Å²) in [6.45, 7) is 1.56. The van der Waals surface area contributed by atoms with Gasteiger partial charge in [-0.1, -0.05) is 0 Å². The number of nitrogens with one attached hydrogen (secondary N) is 1. The zero-order chi connectivity index (χ0) is 14.6. The summed E-state index contributed by atoms with van der Waals surface area (Å²) in [5.74, 6) is 0.217. The average Bonchev–Trinajstić information content (AvgIpc) is 2.45. The van der Waals surface area contributed by atoms with E-state index in [1.165, 1.54) is 6.07 Å². The molecule has 110 valence electrons. The Labute approximate surface area is 115 Å². The summed E-state index contributed by atoms with van der Waals surface area (Å²) in [6, 6.07) is 2.17. The molecule has 7 heteroatoms. The predicted octanol–water partition coefficient (Wildman–Crippen LogP) is 2.52. The minimum absolute atomic E-state index is 0.0496. The van der Waals surface area contributed by atoms with Gasteiger partial charge in [-0.15, -0.1) is 0 Å². The third-order valence-corrected chi connectivity index (χ3v) is 3.22. The van der Waals surface area contributed by atoms with Crippen LogP contribution in [0.5, 0.6) is 0 Å². The molecule has 0 spiro atoms. The van der Waals surface area contributed by atoms with Gasteiger partial charge in [0.2, 0.25) is 5.91 Å². The Morgan fingerprint density at radius 1 is 1.25 bits per heavy atom. The van der Waals surface area contributed by atoms with Gasteiger partial charge in [0.15, 0.2) is 0 Å². The van der Waals surface area contributed by atoms with Gasteiger partial charge < -0.3 is 10.2 Å². The van der Waals surface area contributed by atoms with Crippen molar-refractivity contribution in [1.29, 1.82) is 0 Å².